The minimum atomic E-state index is -1.15. The fraction of sp³-hybridized carbons (Fsp3) is 0.321. The fourth-order valence-corrected chi connectivity index (χ4v) is 4.49. The van der Waals surface area contributed by atoms with Crippen LogP contribution in [0.4, 0.5) is 4.79 Å². The number of carbonyl (C=O) groups is 2. The van der Waals surface area contributed by atoms with E-state index in [1.54, 1.807) is 43.3 Å². The highest BCUT2D eigenvalue weighted by molar-refractivity contribution is 9.10. The number of urea groups is 1. The van der Waals surface area contributed by atoms with Crippen molar-refractivity contribution >= 4 is 34.1 Å². The van der Waals surface area contributed by atoms with Crippen LogP contribution in [0.3, 0.4) is 0 Å². The van der Waals surface area contributed by atoms with Gasteiger partial charge in [0.15, 0.2) is 29.2 Å². The van der Waals surface area contributed by atoms with Crippen molar-refractivity contribution in [3.05, 3.63) is 69.9 Å². The first kappa shape index (κ1) is 31.3. The van der Waals surface area contributed by atoms with Crippen molar-refractivity contribution in [1.29, 1.82) is 0 Å². The van der Waals surface area contributed by atoms with Crippen molar-refractivity contribution in [2.24, 2.45) is 5.10 Å². The highest BCUT2D eigenvalue weighted by Gasteiger charge is 2.32. The van der Waals surface area contributed by atoms with Crippen molar-refractivity contribution in [2.75, 3.05) is 34.0 Å². The van der Waals surface area contributed by atoms with E-state index in [1.165, 1.54) is 20.4 Å². The van der Waals surface area contributed by atoms with E-state index in [0.29, 0.717) is 57.5 Å². The molecule has 1 aliphatic rings. The average molecular weight is 633 g/mol. The highest BCUT2D eigenvalue weighted by atomic mass is 79.9. The molecular weight excluding hydrogens is 600 g/mol. The van der Waals surface area contributed by atoms with Crippen LogP contribution in [-0.4, -0.2) is 63.6 Å². The molecule has 0 saturated carbocycles. The van der Waals surface area contributed by atoms with E-state index in [0.717, 1.165) is 0 Å². The zero-order valence-corrected chi connectivity index (χ0v) is 24.7. The molecule has 0 radical (unpaired) electrons. The molecule has 4 N–H and O–H groups in total. The summed E-state index contributed by atoms with van der Waals surface area (Å²) in [5.41, 5.74) is 4.54. The number of amides is 2. The third-order valence-electron chi connectivity index (χ3n) is 5.71. The Morgan fingerprint density at radius 3 is 2.66 bits per heavy atom. The Morgan fingerprint density at radius 2 is 1.98 bits per heavy atom. The maximum atomic E-state index is 12.4. The van der Waals surface area contributed by atoms with Crippen LogP contribution < -0.4 is 35.0 Å². The largest absolute Gasteiger partial charge is 0.493 e. The number of hydrogen-bond acceptors (Lipinski definition) is 10. The Hall–Kier alpha value is -4.23. The molecule has 0 fully saturated rings. The van der Waals surface area contributed by atoms with Gasteiger partial charge in [0, 0.05) is 5.70 Å². The second kappa shape index (κ2) is 15.0. The standard InChI is InChI=1S/C28H33BrN4O8/c1-6-10-40-26-19(29)11-17(12-22(26)37-4)14-30-33-23(34)15-41-20-9-8-18(13-21(20)39-7-2)25-24(27(35)38-5)16(3)31-28(36)32-25/h6,8-9,11-14,23,25,33-34H,1,7,10,15H2,2-5H3,(H2,31,32,36)/b30-14-/t23-,25+/m0/s1. The van der Waals surface area contributed by atoms with Crippen LogP contribution in [0.25, 0.3) is 0 Å². The maximum absolute atomic E-state index is 12.4. The highest BCUT2D eigenvalue weighted by Crippen LogP contribution is 2.37. The summed E-state index contributed by atoms with van der Waals surface area (Å²) in [6.07, 6.45) is 1.99. The van der Waals surface area contributed by atoms with Gasteiger partial charge in [0.25, 0.3) is 0 Å². The van der Waals surface area contributed by atoms with Crippen LogP contribution in [0, 0.1) is 0 Å². The summed E-state index contributed by atoms with van der Waals surface area (Å²) < 4.78 is 28.1. The third-order valence-corrected chi connectivity index (χ3v) is 6.30. The third kappa shape index (κ3) is 8.14. The van der Waals surface area contributed by atoms with Gasteiger partial charge in [0.2, 0.25) is 0 Å². The Balaban J connectivity index is 1.69. The Kier molecular flexibility index (Phi) is 11.4. The average Bonchev–Trinajstić information content (AvgIpc) is 2.95. The SMILES string of the molecule is C=CCOc1c(Br)cc(/C=N\N[C@@H](O)COc2ccc([C@H]3NC(=O)NC(C)=C3C(=O)OC)cc2OCC)cc1OC. The number of halogens is 1. The Bertz CT molecular complexity index is 1330. The Morgan fingerprint density at radius 1 is 1.20 bits per heavy atom. The van der Waals surface area contributed by atoms with Gasteiger partial charge >= 0.3 is 12.0 Å². The van der Waals surface area contributed by atoms with Crippen molar-refractivity contribution in [3.63, 3.8) is 0 Å². The van der Waals surface area contributed by atoms with E-state index in [-0.39, 0.29) is 12.2 Å². The monoisotopic (exact) mass is 632 g/mol. The van der Waals surface area contributed by atoms with Crippen LogP contribution >= 0.6 is 15.9 Å². The van der Waals surface area contributed by atoms with Crippen molar-refractivity contribution in [2.45, 2.75) is 26.1 Å². The van der Waals surface area contributed by atoms with E-state index in [4.69, 9.17) is 23.7 Å². The zero-order valence-electron chi connectivity index (χ0n) is 23.2. The molecule has 13 heteroatoms. The minimum Gasteiger partial charge on any atom is -0.493 e. The molecule has 1 heterocycles. The van der Waals surface area contributed by atoms with E-state index in [9.17, 15) is 14.7 Å². The Labute approximate surface area is 246 Å². The van der Waals surface area contributed by atoms with Gasteiger partial charge in [-0.15, -0.1) is 0 Å². The zero-order chi connectivity index (χ0) is 29.9. The number of hydrogen-bond donors (Lipinski definition) is 4. The molecular formula is C28H33BrN4O8. The van der Waals surface area contributed by atoms with Gasteiger partial charge in [-0.3, -0.25) is 5.43 Å². The molecule has 41 heavy (non-hydrogen) atoms. The first-order valence-corrected chi connectivity index (χ1v) is 13.4. The molecule has 2 aromatic rings. The molecule has 12 nitrogen and oxygen atoms in total. The van der Waals surface area contributed by atoms with Gasteiger partial charge in [-0.1, -0.05) is 18.7 Å². The molecule has 2 aromatic carbocycles. The lowest BCUT2D eigenvalue weighted by Crippen LogP contribution is -2.45. The number of nitrogens with zero attached hydrogens (tertiary/aromatic N) is 1. The predicted octanol–water partition coefficient (Wildman–Crippen LogP) is 3.54. The normalized spacial score (nSPS) is 15.5. The lowest BCUT2D eigenvalue weighted by molar-refractivity contribution is -0.136. The molecule has 2 amide bonds. The van der Waals surface area contributed by atoms with Crippen molar-refractivity contribution in [1.82, 2.24) is 16.1 Å². The number of methoxy groups -OCH3 is 2. The lowest BCUT2D eigenvalue weighted by Gasteiger charge is -2.28. The van der Waals surface area contributed by atoms with Crippen LogP contribution in [0.2, 0.25) is 0 Å². The van der Waals surface area contributed by atoms with Crippen LogP contribution in [0.5, 0.6) is 23.0 Å². The summed E-state index contributed by atoms with van der Waals surface area (Å²) in [5.74, 6) is 1.19. The number of aliphatic hydroxyl groups excluding tert-OH is 1. The van der Waals surface area contributed by atoms with Gasteiger partial charge in [-0.25, -0.2) is 9.59 Å². The molecule has 0 unspecified atom stereocenters. The second-order valence-corrected chi connectivity index (χ2v) is 9.40. The van der Waals surface area contributed by atoms with Gasteiger partial charge in [-0.2, -0.15) is 5.10 Å². The number of aliphatic hydroxyl groups is 1. The maximum Gasteiger partial charge on any atom is 0.337 e. The number of nitrogens with one attached hydrogen (secondary N) is 3. The van der Waals surface area contributed by atoms with E-state index >= 15 is 0 Å². The van der Waals surface area contributed by atoms with E-state index in [1.807, 2.05) is 6.92 Å². The summed E-state index contributed by atoms with van der Waals surface area (Å²) in [6.45, 7) is 7.57. The molecule has 220 valence electrons. The lowest BCUT2D eigenvalue weighted by atomic mass is 9.95. The number of esters is 1. The van der Waals surface area contributed by atoms with Gasteiger partial charge in [-0.05, 0) is 65.2 Å². The summed E-state index contributed by atoms with van der Waals surface area (Å²) in [4.78, 5) is 24.5. The first-order chi connectivity index (χ1) is 19.7. The summed E-state index contributed by atoms with van der Waals surface area (Å²) in [7, 11) is 2.80. The summed E-state index contributed by atoms with van der Waals surface area (Å²) >= 11 is 3.46. The summed E-state index contributed by atoms with van der Waals surface area (Å²) in [6, 6.07) is 7.31. The van der Waals surface area contributed by atoms with Crippen molar-refractivity contribution < 1.29 is 38.4 Å². The first-order valence-electron chi connectivity index (χ1n) is 12.6. The number of hydrazone groups is 1. The molecule has 3 rings (SSSR count). The van der Waals surface area contributed by atoms with Crippen LogP contribution in [-0.2, 0) is 9.53 Å². The van der Waals surface area contributed by atoms with Gasteiger partial charge in [0.1, 0.15) is 13.2 Å². The van der Waals surface area contributed by atoms with Crippen molar-refractivity contribution in [3.8, 4) is 23.0 Å². The quantitative estimate of drug-likeness (QED) is 0.0806. The smallest absolute Gasteiger partial charge is 0.337 e. The molecule has 0 bridgehead atoms. The number of rotatable bonds is 14. The molecule has 0 saturated heterocycles. The fourth-order valence-electron chi connectivity index (χ4n) is 3.92. The minimum absolute atomic E-state index is 0.158. The predicted molar refractivity (Wildman–Crippen MR) is 155 cm³/mol. The molecule has 0 aromatic heterocycles. The van der Waals surface area contributed by atoms with Crippen LogP contribution in [0.1, 0.15) is 31.0 Å². The topological polar surface area (TPSA) is 149 Å². The molecule has 2 atom stereocenters. The molecule has 0 aliphatic carbocycles. The van der Waals surface area contributed by atoms with E-state index in [2.05, 4.69) is 43.7 Å². The molecule has 1 aliphatic heterocycles. The number of ether oxygens (including phenoxy) is 5. The van der Waals surface area contributed by atoms with Gasteiger partial charge < -0.3 is 39.4 Å². The van der Waals surface area contributed by atoms with Gasteiger partial charge in [0.05, 0.1) is 43.1 Å². The van der Waals surface area contributed by atoms with Crippen LogP contribution in [0.15, 0.2) is 63.8 Å². The molecule has 0 spiro atoms. The number of allylic oxidation sites excluding steroid dienone is 1. The number of benzene rings is 2. The van der Waals surface area contributed by atoms with E-state index < -0.39 is 24.3 Å². The second-order valence-electron chi connectivity index (χ2n) is 8.55. The summed E-state index contributed by atoms with van der Waals surface area (Å²) in [5, 5.41) is 19.8. The number of carbonyl (C=O) groups excluding carboxylic acids is 2.